The molecule has 0 aliphatic rings. The number of anilines is 1. The van der Waals surface area contributed by atoms with Crippen LogP contribution in [0, 0.1) is 18.8 Å². The van der Waals surface area contributed by atoms with Crippen LogP contribution in [0.25, 0.3) is 0 Å². The molecule has 0 bridgehead atoms. The summed E-state index contributed by atoms with van der Waals surface area (Å²) in [6.45, 7) is 4.21. The maximum atomic E-state index is 12.9. The third kappa shape index (κ3) is 7.32. The van der Waals surface area contributed by atoms with Crippen LogP contribution in [0.1, 0.15) is 51.5 Å². The van der Waals surface area contributed by atoms with Gasteiger partial charge in [0, 0.05) is 34.8 Å². The van der Waals surface area contributed by atoms with Crippen molar-refractivity contribution in [2.75, 3.05) is 16.8 Å². The molecule has 2 amide bonds. The first-order valence-corrected chi connectivity index (χ1v) is 12.6. The van der Waals surface area contributed by atoms with Gasteiger partial charge in [-0.1, -0.05) is 17.9 Å². The maximum absolute atomic E-state index is 12.9. The van der Waals surface area contributed by atoms with Crippen LogP contribution < -0.4 is 5.32 Å². The van der Waals surface area contributed by atoms with Crippen molar-refractivity contribution in [1.82, 2.24) is 4.98 Å². The molecule has 0 saturated carbocycles. The molecule has 0 spiro atoms. The number of hydrogen-bond acceptors (Lipinski definition) is 7. The lowest BCUT2D eigenvalue weighted by Crippen LogP contribution is -2.22. The molecule has 0 saturated heterocycles. The predicted octanol–water partition coefficient (Wildman–Crippen LogP) is 3.42. The van der Waals surface area contributed by atoms with Crippen LogP contribution in [-0.2, 0) is 19.3 Å². The fraction of sp³-hybridized carbons (Fsp3) is 0.192. The van der Waals surface area contributed by atoms with E-state index in [0.717, 1.165) is 5.56 Å². The number of ketones is 2. The van der Waals surface area contributed by atoms with Gasteiger partial charge in [0.25, 0.3) is 11.8 Å². The number of nitrogens with one attached hydrogen (secondary N) is 1. The highest BCUT2D eigenvalue weighted by Crippen LogP contribution is 2.15. The molecular formula is C26H23N3O6S. The van der Waals surface area contributed by atoms with Gasteiger partial charge >= 0.3 is 0 Å². The number of carbonyl (C=O) groups excluding carboxylic acids is 4. The monoisotopic (exact) mass is 505 g/mol. The summed E-state index contributed by atoms with van der Waals surface area (Å²) in [5.74, 6) is 2.96. The molecular weight excluding hydrogens is 482 g/mol. The third-order valence-corrected chi connectivity index (χ3v) is 6.85. The van der Waals surface area contributed by atoms with E-state index in [0.29, 0.717) is 16.8 Å². The highest BCUT2D eigenvalue weighted by atomic mass is 32.2. The number of amides is 2. The summed E-state index contributed by atoms with van der Waals surface area (Å²) < 4.78 is 21.8. The van der Waals surface area contributed by atoms with Gasteiger partial charge < -0.3 is 9.73 Å². The highest BCUT2D eigenvalue weighted by Gasteiger charge is 2.18. The zero-order chi connectivity index (χ0) is 26.3. The normalized spacial score (nSPS) is 10.6. The van der Waals surface area contributed by atoms with Crippen molar-refractivity contribution < 1.29 is 27.8 Å². The number of Topliss-reactive ketones (excluding diaryl/α,β-unsaturated/α-hetero) is 2. The van der Waals surface area contributed by atoms with Crippen LogP contribution in [0.4, 0.5) is 5.69 Å². The zero-order valence-corrected chi connectivity index (χ0v) is 20.7. The van der Waals surface area contributed by atoms with E-state index in [-0.39, 0.29) is 17.2 Å². The van der Waals surface area contributed by atoms with Gasteiger partial charge in [-0.25, -0.2) is 4.21 Å². The fourth-order valence-electron chi connectivity index (χ4n) is 3.19. The van der Waals surface area contributed by atoms with Crippen LogP contribution in [0.3, 0.4) is 0 Å². The molecule has 1 aromatic carbocycles. The molecule has 10 heteroatoms. The number of aryl methyl sites for hydroxylation is 1. The summed E-state index contributed by atoms with van der Waals surface area (Å²) in [5.41, 5.74) is 2.25. The van der Waals surface area contributed by atoms with Crippen LogP contribution >= 0.6 is 0 Å². The third-order valence-electron chi connectivity index (χ3n) is 4.63. The molecule has 2 heterocycles. The summed E-state index contributed by atoms with van der Waals surface area (Å²) in [7, 11) is -3.37. The topological polar surface area (TPSA) is 136 Å². The van der Waals surface area contributed by atoms with Crippen LogP contribution in [0.2, 0.25) is 0 Å². The van der Waals surface area contributed by atoms with Crippen LogP contribution in [-0.4, -0.2) is 44.1 Å². The van der Waals surface area contributed by atoms with E-state index < -0.39 is 38.7 Å². The number of rotatable bonds is 7. The van der Waals surface area contributed by atoms with Crippen molar-refractivity contribution >= 4 is 38.8 Å². The van der Waals surface area contributed by atoms with Gasteiger partial charge in [-0.05, 0) is 51.1 Å². The smallest absolute Gasteiger partial charge is 0.291 e. The van der Waals surface area contributed by atoms with E-state index in [2.05, 4.69) is 26.5 Å². The first kappa shape index (κ1) is 26.2. The number of nitrogens with zero attached hydrogens (tertiary/aromatic N) is 2. The quantitative estimate of drug-likeness (QED) is 0.486. The maximum Gasteiger partial charge on any atom is 0.291 e. The first-order chi connectivity index (χ1) is 17.0. The molecule has 2 aromatic heterocycles. The summed E-state index contributed by atoms with van der Waals surface area (Å²) in [6, 6.07) is 9.99. The Morgan fingerprint density at radius 2 is 1.69 bits per heavy atom. The molecule has 0 radical (unpaired) electrons. The SMILES string of the molecule is CC(=O)CS(=O)(CC(C)=O)=NC(=O)c1cncc(C#Cc2cccc(NC(=O)c3occc3C)c2)c1. The Hall–Kier alpha value is -4.36. The average molecular weight is 506 g/mol. The molecule has 184 valence electrons. The van der Waals surface area contributed by atoms with E-state index in [1.165, 1.54) is 38.6 Å². The Morgan fingerprint density at radius 1 is 1.00 bits per heavy atom. The minimum absolute atomic E-state index is 0.0245. The van der Waals surface area contributed by atoms with Crippen molar-refractivity contribution in [2.24, 2.45) is 4.36 Å². The minimum Gasteiger partial charge on any atom is -0.459 e. The van der Waals surface area contributed by atoms with E-state index in [4.69, 9.17) is 4.42 Å². The lowest BCUT2D eigenvalue weighted by Gasteiger charge is -2.06. The highest BCUT2D eigenvalue weighted by molar-refractivity contribution is 7.95. The predicted molar refractivity (Wildman–Crippen MR) is 134 cm³/mol. The van der Waals surface area contributed by atoms with Gasteiger partial charge in [-0.3, -0.25) is 24.2 Å². The number of benzene rings is 1. The Bertz CT molecular complexity index is 1510. The Labute approximate surface area is 208 Å². The standard InChI is InChI=1S/C26H23N3O6S/c1-17-9-10-35-24(17)26(33)28-23-6-4-5-20(12-23)7-8-21-11-22(14-27-13-21)25(32)29-36(34,15-18(2)30)16-19(3)31/h4-6,9-14H,15-16H2,1-3H3,(H,28,33). The summed E-state index contributed by atoms with van der Waals surface area (Å²) in [5, 5.41) is 2.75. The molecule has 9 nitrogen and oxygen atoms in total. The molecule has 1 N–H and O–H groups in total. The average Bonchev–Trinajstić information content (AvgIpc) is 3.23. The largest absolute Gasteiger partial charge is 0.459 e. The van der Waals surface area contributed by atoms with Crippen molar-refractivity contribution in [1.29, 1.82) is 0 Å². The Kier molecular flexibility index (Phi) is 8.30. The summed E-state index contributed by atoms with van der Waals surface area (Å²) >= 11 is 0. The summed E-state index contributed by atoms with van der Waals surface area (Å²) in [6.07, 6.45) is 4.13. The van der Waals surface area contributed by atoms with E-state index in [9.17, 15) is 23.4 Å². The molecule has 3 aromatic rings. The zero-order valence-electron chi connectivity index (χ0n) is 19.9. The van der Waals surface area contributed by atoms with Crippen LogP contribution in [0.5, 0.6) is 0 Å². The van der Waals surface area contributed by atoms with Gasteiger partial charge in [-0.15, -0.1) is 0 Å². The van der Waals surface area contributed by atoms with Gasteiger partial charge in [0.05, 0.1) is 33.1 Å². The first-order valence-electron chi connectivity index (χ1n) is 10.7. The number of carbonyl (C=O) groups is 4. The van der Waals surface area contributed by atoms with E-state index in [1.807, 2.05) is 0 Å². The molecule has 0 atom stereocenters. The van der Waals surface area contributed by atoms with Crippen molar-refractivity contribution in [2.45, 2.75) is 20.8 Å². The van der Waals surface area contributed by atoms with Gasteiger partial charge in [0.2, 0.25) is 0 Å². The number of aromatic nitrogens is 1. The van der Waals surface area contributed by atoms with Gasteiger partial charge in [0.1, 0.15) is 11.6 Å². The Balaban J connectivity index is 1.81. The van der Waals surface area contributed by atoms with Crippen molar-refractivity contribution in [3.8, 4) is 11.8 Å². The lowest BCUT2D eigenvalue weighted by atomic mass is 10.1. The second-order valence-electron chi connectivity index (χ2n) is 8.04. The second-order valence-corrected chi connectivity index (χ2v) is 10.3. The Morgan fingerprint density at radius 3 is 2.33 bits per heavy atom. The molecule has 3 rings (SSSR count). The molecule has 36 heavy (non-hydrogen) atoms. The molecule has 0 unspecified atom stereocenters. The second kappa shape index (κ2) is 11.4. The lowest BCUT2D eigenvalue weighted by molar-refractivity contribution is -0.115. The summed E-state index contributed by atoms with van der Waals surface area (Å²) in [4.78, 5) is 51.9. The van der Waals surface area contributed by atoms with Gasteiger partial charge in [-0.2, -0.15) is 4.36 Å². The molecule has 0 aliphatic carbocycles. The van der Waals surface area contributed by atoms with Gasteiger partial charge in [0.15, 0.2) is 5.76 Å². The molecule has 0 aliphatic heterocycles. The number of pyridine rings is 1. The number of hydrogen-bond donors (Lipinski definition) is 1. The van der Waals surface area contributed by atoms with Crippen molar-refractivity contribution in [3.05, 3.63) is 83.1 Å². The minimum atomic E-state index is -3.37. The van der Waals surface area contributed by atoms with E-state index >= 15 is 0 Å². The fourth-order valence-corrected chi connectivity index (χ4v) is 5.10. The van der Waals surface area contributed by atoms with E-state index in [1.54, 1.807) is 37.3 Å². The number of furan rings is 1. The molecule has 0 fully saturated rings. The van der Waals surface area contributed by atoms with Crippen LogP contribution in [0.15, 0.2) is 63.8 Å². The van der Waals surface area contributed by atoms with Crippen molar-refractivity contribution in [3.63, 3.8) is 0 Å².